The summed E-state index contributed by atoms with van der Waals surface area (Å²) in [6.45, 7) is 2.09. The van der Waals surface area contributed by atoms with Gasteiger partial charge in [-0.15, -0.1) is 0 Å². The summed E-state index contributed by atoms with van der Waals surface area (Å²) in [5.74, 6) is 0.0804. The molecule has 0 radical (unpaired) electrons. The number of anilines is 1. The van der Waals surface area contributed by atoms with E-state index in [9.17, 15) is 4.79 Å². The maximum Gasteiger partial charge on any atom is 0.261 e. The Morgan fingerprint density at radius 1 is 1.45 bits per heavy atom. The van der Waals surface area contributed by atoms with Crippen LogP contribution in [-0.4, -0.2) is 26.8 Å². The third-order valence-electron chi connectivity index (χ3n) is 3.93. The molecule has 2 aromatic heterocycles. The van der Waals surface area contributed by atoms with Crippen LogP contribution in [0.5, 0.6) is 0 Å². The first-order chi connectivity index (χ1) is 10.6. The molecule has 7 heteroatoms. The summed E-state index contributed by atoms with van der Waals surface area (Å²) in [7, 11) is 0. The number of amides is 1. The molecule has 1 atom stereocenters. The highest BCUT2D eigenvalue weighted by molar-refractivity contribution is 6.03. The molecule has 112 valence electrons. The lowest BCUT2D eigenvalue weighted by Crippen LogP contribution is -2.31. The quantitative estimate of drug-likeness (QED) is 0.590. The van der Waals surface area contributed by atoms with Crippen molar-refractivity contribution >= 4 is 18.2 Å². The molecule has 2 aromatic rings. The number of carbonyl (C=O) groups is 1. The van der Waals surface area contributed by atoms with Gasteiger partial charge in [0.2, 0.25) is 5.95 Å². The van der Waals surface area contributed by atoms with E-state index >= 15 is 0 Å². The fourth-order valence-electron chi connectivity index (χ4n) is 2.76. The number of nitrogens with one attached hydrogen (secondary N) is 3. The summed E-state index contributed by atoms with van der Waals surface area (Å²) in [5.41, 5.74) is 2.21. The largest absolute Gasteiger partial charge is 0.291 e. The van der Waals surface area contributed by atoms with Gasteiger partial charge in [0.15, 0.2) is 0 Å². The number of hydrogen-bond donors (Lipinski definition) is 3. The smallest absolute Gasteiger partial charge is 0.261 e. The van der Waals surface area contributed by atoms with E-state index in [0.717, 1.165) is 30.4 Å². The van der Waals surface area contributed by atoms with Crippen LogP contribution in [0.1, 0.15) is 40.9 Å². The Balaban J connectivity index is 2.04. The highest BCUT2D eigenvalue weighted by atomic mass is 16.1. The molecular weight excluding hydrogens is 280 g/mol. The molecule has 1 aliphatic rings. The van der Waals surface area contributed by atoms with E-state index in [1.807, 2.05) is 0 Å². The van der Waals surface area contributed by atoms with Crippen molar-refractivity contribution < 1.29 is 4.79 Å². The molecule has 0 bridgehead atoms. The van der Waals surface area contributed by atoms with E-state index in [4.69, 9.17) is 10.8 Å². The van der Waals surface area contributed by atoms with Crippen molar-refractivity contribution in [3.05, 3.63) is 46.8 Å². The first-order valence-electron chi connectivity index (χ1n) is 7.03. The van der Waals surface area contributed by atoms with Crippen LogP contribution >= 0.6 is 0 Å². The third-order valence-corrected chi connectivity index (χ3v) is 3.93. The number of pyridine rings is 1. The average Bonchev–Trinajstić information content (AvgIpc) is 2.88. The zero-order chi connectivity index (χ0) is 15.7. The molecule has 0 aromatic carbocycles. The van der Waals surface area contributed by atoms with Gasteiger partial charge in [-0.05, 0) is 36.5 Å². The summed E-state index contributed by atoms with van der Waals surface area (Å²) in [4.78, 5) is 20.3. The van der Waals surface area contributed by atoms with Gasteiger partial charge < -0.3 is 0 Å². The molecule has 1 amide bonds. The minimum Gasteiger partial charge on any atom is -0.291 e. The van der Waals surface area contributed by atoms with Gasteiger partial charge in [0.1, 0.15) is 5.49 Å². The molecule has 0 fully saturated rings. The van der Waals surface area contributed by atoms with Gasteiger partial charge in [0.05, 0.1) is 11.9 Å². The monoisotopic (exact) mass is 296 g/mol. The van der Waals surface area contributed by atoms with Crippen molar-refractivity contribution in [3.8, 4) is 0 Å². The molecule has 0 saturated carbocycles. The predicted molar refractivity (Wildman–Crippen MR) is 81.2 cm³/mol. The van der Waals surface area contributed by atoms with E-state index < -0.39 is 5.91 Å². The topological polar surface area (TPSA) is 108 Å². The predicted octanol–water partition coefficient (Wildman–Crippen LogP) is 1.51. The van der Waals surface area contributed by atoms with Gasteiger partial charge in [0, 0.05) is 18.1 Å². The number of fused-ring (bicyclic) bond motifs is 1. The summed E-state index contributed by atoms with van der Waals surface area (Å²) < 4.78 is 1.47. The van der Waals surface area contributed by atoms with E-state index in [0.29, 0.717) is 5.92 Å². The van der Waals surface area contributed by atoms with Gasteiger partial charge in [-0.2, -0.15) is 0 Å². The van der Waals surface area contributed by atoms with Crippen LogP contribution in [0.4, 0.5) is 5.95 Å². The first-order valence-corrected chi connectivity index (χ1v) is 7.03. The van der Waals surface area contributed by atoms with Crippen LogP contribution in [0, 0.1) is 10.8 Å². The lowest BCUT2D eigenvalue weighted by Gasteiger charge is -2.13. The van der Waals surface area contributed by atoms with Crippen molar-refractivity contribution in [2.75, 3.05) is 5.32 Å². The normalized spacial score (nSPS) is 16.1. The number of nitrogens with zero attached hydrogens (tertiary/aromatic N) is 3. The Bertz CT molecular complexity index is 796. The van der Waals surface area contributed by atoms with E-state index in [1.54, 1.807) is 12.1 Å². The molecule has 0 unspecified atom stereocenters. The van der Waals surface area contributed by atoms with Crippen molar-refractivity contribution in [2.45, 2.75) is 25.7 Å². The van der Waals surface area contributed by atoms with Crippen molar-refractivity contribution in [2.24, 2.45) is 0 Å². The highest BCUT2D eigenvalue weighted by Crippen LogP contribution is 2.31. The lowest BCUT2D eigenvalue weighted by molar-refractivity contribution is 0.102. The zero-order valence-electron chi connectivity index (χ0n) is 12.1. The maximum atomic E-state index is 12.4. The highest BCUT2D eigenvalue weighted by Gasteiger charge is 2.25. The Hall–Kier alpha value is -2.83. The van der Waals surface area contributed by atoms with Crippen molar-refractivity contribution in [1.82, 2.24) is 14.5 Å². The Morgan fingerprint density at radius 3 is 2.86 bits per heavy atom. The van der Waals surface area contributed by atoms with Crippen molar-refractivity contribution in [3.63, 3.8) is 0 Å². The van der Waals surface area contributed by atoms with E-state index in [1.165, 1.54) is 17.0 Å². The van der Waals surface area contributed by atoms with Crippen LogP contribution in [0.15, 0.2) is 24.5 Å². The molecule has 22 heavy (non-hydrogen) atoms. The maximum absolute atomic E-state index is 12.4. The molecule has 1 aliphatic carbocycles. The molecule has 0 spiro atoms. The zero-order valence-corrected chi connectivity index (χ0v) is 12.1. The molecule has 3 rings (SSSR count). The summed E-state index contributed by atoms with van der Waals surface area (Å²) >= 11 is 0. The minimum atomic E-state index is -0.436. The van der Waals surface area contributed by atoms with E-state index in [-0.39, 0.29) is 17.0 Å². The molecule has 2 heterocycles. The molecule has 3 N–H and O–H groups in total. The summed E-state index contributed by atoms with van der Waals surface area (Å²) in [5, 5.41) is 18.3. The van der Waals surface area contributed by atoms with Crippen LogP contribution in [0.25, 0.3) is 0 Å². The summed E-state index contributed by atoms with van der Waals surface area (Å²) in [6.07, 6.45) is 5.95. The Kier molecular flexibility index (Phi) is 3.54. The van der Waals surface area contributed by atoms with Gasteiger partial charge in [-0.25, -0.2) is 9.97 Å². The number of carbonyl (C=O) groups excluding carboxylic acids is 1. The molecule has 0 aliphatic heterocycles. The first kappa shape index (κ1) is 14.1. The van der Waals surface area contributed by atoms with Crippen LogP contribution < -0.4 is 10.8 Å². The average molecular weight is 296 g/mol. The fourth-order valence-corrected chi connectivity index (χ4v) is 2.76. The number of hydrogen-bond acceptors (Lipinski definition) is 5. The standard InChI is InChI=1S/C15H16N6O/c1-9-3-4-12-10(9)7-11(13(17)21(12)8-16)14(22)20-15-18-5-2-6-19-15/h2,5-9,16-17H,3-4H2,1H3,(H,18,19,20,22)/t9-/m0/s1. The molecular formula is C15H16N6O. The number of aromatic nitrogens is 3. The van der Waals surface area contributed by atoms with E-state index in [2.05, 4.69) is 22.2 Å². The van der Waals surface area contributed by atoms with Gasteiger partial charge in [-0.3, -0.25) is 25.5 Å². The number of rotatable bonds is 3. The van der Waals surface area contributed by atoms with Gasteiger partial charge in [-0.1, -0.05) is 6.92 Å². The molecule has 7 nitrogen and oxygen atoms in total. The van der Waals surface area contributed by atoms with Crippen molar-refractivity contribution in [1.29, 1.82) is 10.8 Å². The minimum absolute atomic E-state index is 0.0104. The Labute approximate surface area is 127 Å². The van der Waals surface area contributed by atoms with Crippen LogP contribution in [-0.2, 0) is 6.42 Å². The SMILES string of the molecule is C[C@H]1CCc2c1cc(C(=O)Nc1ncccn1)c(=N)n2C=N. The third kappa shape index (κ3) is 2.30. The second-order valence-electron chi connectivity index (χ2n) is 5.27. The molecule has 0 saturated heterocycles. The lowest BCUT2D eigenvalue weighted by atomic mass is 10.0. The van der Waals surface area contributed by atoms with Gasteiger partial charge in [0.25, 0.3) is 5.91 Å². The fraction of sp³-hybridized carbons (Fsp3) is 0.267. The second kappa shape index (κ2) is 5.51. The Morgan fingerprint density at radius 2 is 2.18 bits per heavy atom. The second-order valence-corrected chi connectivity index (χ2v) is 5.27. The van der Waals surface area contributed by atoms with Crippen LogP contribution in [0.3, 0.4) is 0 Å². The van der Waals surface area contributed by atoms with Gasteiger partial charge >= 0.3 is 0 Å². The van der Waals surface area contributed by atoms with Crippen LogP contribution in [0.2, 0.25) is 0 Å². The summed E-state index contributed by atoms with van der Waals surface area (Å²) in [6, 6.07) is 3.42.